The average molecular weight is 305 g/mol. The molecule has 1 aromatic carbocycles. The fourth-order valence-electron chi connectivity index (χ4n) is 2.38. The van der Waals surface area contributed by atoms with Gasteiger partial charge in [0.2, 0.25) is 5.91 Å². The first-order chi connectivity index (χ1) is 10.6. The van der Waals surface area contributed by atoms with Crippen molar-refractivity contribution >= 4 is 17.5 Å². The van der Waals surface area contributed by atoms with Gasteiger partial charge in [0, 0.05) is 19.5 Å². The van der Waals surface area contributed by atoms with Crippen LogP contribution in [0.2, 0.25) is 0 Å². The van der Waals surface area contributed by atoms with E-state index in [-0.39, 0.29) is 18.2 Å². The topological polar surface area (TPSA) is 70.7 Å². The Balaban J connectivity index is 1.91. The summed E-state index contributed by atoms with van der Waals surface area (Å²) in [7, 11) is 1.88. The van der Waals surface area contributed by atoms with Crippen LogP contribution in [0.1, 0.15) is 19.8 Å². The lowest BCUT2D eigenvalue weighted by Crippen LogP contribution is -2.45. The summed E-state index contributed by atoms with van der Waals surface area (Å²) in [6.45, 7) is 3.60. The Morgan fingerprint density at radius 2 is 2.09 bits per heavy atom. The minimum atomic E-state index is -0.520. The number of ether oxygens (including phenoxy) is 1. The molecule has 22 heavy (non-hydrogen) atoms. The van der Waals surface area contributed by atoms with Gasteiger partial charge in [0.15, 0.2) is 6.10 Å². The van der Waals surface area contributed by atoms with E-state index in [9.17, 15) is 9.59 Å². The zero-order valence-corrected chi connectivity index (χ0v) is 13.1. The number of carbonyl (C=O) groups is 2. The summed E-state index contributed by atoms with van der Waals surface area (Å²) in [6, 6.07) is 7.40. The van der Waals surface area contributed by atoms with Crippen LogP contribution in [0, 0.1) is 0 Å². The molecule has 1 heterocycles. The molecular formula is C16H23N3O3. The van der Waals surface area contributed by atoms with Gasteiger partial charge < -0.3 is 20.3 Å². The van der Waals surface area contributed by atoms with Gasteiger partial charge in [-0.25, -0.2) is 0 Å². The van der Waals surface area contributed by atoms with Crippen molar-refractivity contribution in [3.63, 3.8) is 0 Å². The number of rotatable bonds is 7. The van der Waals surface area contributed by atoms with E-state index >= 15 is 0 Å². The first-order valence-corrected chi connectivity index (χ1v) is 7.62. The summed E-state index contributed by atoms with van der Waals surface area (Å²) in [5.74, 6) is 0.534. The van der Waals surface area contributed by atoms with Crippen LogP contribution in [0.4, 0.5) is 5.69 Å². The molecule has 6 nitrogen and oxygen atoms in total. The quantitative estimate of drug-likeness (QED) is 0.735. The highest BCUT2D eigenvalue weighted by Crippen LogP contribution is 2.33. The van der Waals surface area contributed by atoms with Gasteiger partial charge in [-0.15, -0.1) is 0 Å². The van der Waals surface area contributed by atoms with Gasteiger partial charge in [-0.2, -0.15) is 0 Å². The normalized spacial score (nSPS) is 16.9. The van der Waals surface area contributed by atoms with Gasteiger partial charge in [-0.3, -0.25) is 9.59 Å². The molecule has 2 N–H and O–H groups in total. The third-order valence-electron chi connectivity index (χ3n) is 3.56. The minimum Gasteiger partial charge on any atom is -0.479 e. The molecule has 0 radical (unpaired) electrons. The van der Waals surface area contributed by atoms with Crippen LogP contribution in [0.5, 0.6) is 5.75 Å². The Labute approximate surface area is 130 Å². The molecule has 0 bridgehead atoms. The second-order valence-electron chi connectivity index (χ2n) is 5.27. The number of anilines is 1. The number of fused-ring (bicyclic) bond motifs is 1. The second-order valence-corrected chi connectivity index (χ2v) is 5.27. The molecule has 2 rings (SSSR count). The van der Waals surface area contributed by atoms with E-state index in [2.05, 4.69) is 10.6 Å². The lowest BCUT2D eigenvalue weighted by molar-refractivity contribution is -0.125. The number of benzene rings is 1. The smallest absolute Gasteiger partial charge is 0.267 e. The second kappa shape index (κ2) is 7.79. The molecule has 6 heteroatoms. The van der Waals surface area contributed by atoms with Crippen molar-refractivity contribution in [3.8, 4) is 5.75 Å². The molecule has 120 valence electrons. The van der Waals surface area contributed by atoms with E-state index < -0.39 is 6.10 Å². The van der Waals surface area contributed by atoms with Crippen molar-refractivity contribution in [1.29, 1.82) is 0 Å². The highest BCUT2D eigenvalue weighted by atomic mass is 16.5. The van der Waals surface area contributed by atoms with E-state index in [0.717, 1.165) is 18.7 Å². The summed E-state index contributed by atoms with van der Waals surface area (Å²) >= 11 is 0. The van der Waals surface area contributed by atoms with Crippen LogP contribution >= 0.6 is 0 Å². The van der Waals surface area contributed by atoms with E-state index in [1.54, 1.807) is 11.8 Å². The Kier molecular flexibility index (Phi) is 5.77. The predicted octanol–water partition coefficient (Wildman–Crippen LogP) is 0.916. The van der Waals surface area contributed by atoms with Crippen LogP contribution in [0.15, 0.2) is 24.3 Å². The summed E-state index contributed by atoms with van der Waals surface area (Å²) in [6.07, 6.45) is 0.652. The monoisotopic (exact) mass is 305 g/mol. The van der Waals surface area contributed by atoms with E-state index in [0.29, 0.717) is 18.8 Å². The molecule has 0 aromatic heterocycles. The Morgan fingerprint density at radius 1 is 1.32 bits per heavy atom. The average Bonchev–Trinajstić information content (AvgIpc) is 2.52. The highest BCUT2D eigenvalue weighted by molar-refractivity contribution is 6.00. The molecule has 1 aliphatic rings. The van der Waals surface area contributed by atoms with Crippen LogP contribution in [0.25, 0.3) is 0 Å². The molecule has 0 fully saturated rings. The van der Waals surface area contributed by atoms with Gasteiger partial charge in [-0.05, 0) is 39.1 Å². The summed E-state index contributed by atoms with van der Waals surface area (Å²) in [5, 5.41) is 5.89. The van der Waals surface area contributed by atoms with Crippen LogP contribution in [-0.2, 0) is 9.59 Å². The Morgan fingerprint density at radius 3 is 2.86 bits per heavy atom. The third kappa shape index (κ3) is 3.98. The molecule has 1 atom stereocenters. The molecule has 1 unspecified atom stereocenters. The fraction of sp³-hybridized carbons (Fsp3) is 0.500. The number of para-hydroxylation sites is 2. The maximum Gasteiger partial charge on any atom is 0.267 e. The number of nitrogens with one attached hydrogen (secondary N) is 2. The number of nitrogens with zero attached hydrogens (tertiary/aromatic N) is 1. The SMILES string of the molecule is CNCCCNC(=O)CCN1C(=O)C(C)Oc2ccccc21. The molecule has 0 saturated heterocycles. The number of carbonyl (C=O) groups excluding carboxylic acids is 2. The van der Waals surface area contributed by atoms with Crippen LogP contribution in [-0.4, -0.2) is 44.6 Å². The Hall–Kier alpha value is -2.08. The number of hydrogen-bond donors (Lipinski definition) is 2. The lowest BCUT2D eigenvalue weighted by Gasteiger charge is -2.32. The van der Waals surface area contributed by atoms with Crippen molar-refractivity contribution in [2.45, 2.75) is 25.9 Å². The van der Waals surface area contributed by atoms with Gasteiger partial charge in [-0.1, -0.05) is 12.1 Å². The third-order valence-corrected chi connectivity index (χ3v) is 3.56. The summed E-state index contributed by atoms with van der Waals surface area (Å²) < 4.78 is 5.57. The molecule has 1 aliphatic heterocycles. The Bertz CT molecular complexity index is 533. The van der Waals surface area contributed by atoms with Crippen molar-refractivity contribution in [2.75, 3.05) is 31.6 Å². The van der Waals surface area contributed by atoms with E-state index in [1.807, 2.05) is 31.3 Å². The number of amides is 2. The summed E-state index contributed by atoms with van der Waals surface area (Å²) in [5.41, 5.74) is 0.730. The van der Waals surface area contributed by atoms with Gasteiger partial charge in [0.1, 0.15) is 5.75 Å². The molecule has 0 aliphatic carbocycles. The van der Waals surface area contributed by atoms with Crippen LogP contribution < -0.4 is 20.3 Å². The largest absolute Gasteiger partial charge is 0.479 e. The standard InChI is InChI=1S/C16H23N3O3/c1-12-16(21)19(13-6-3-4-7-14(13)22-12)11-8-15(20)18-10-5-9-17-2/h3-4,6-7,12,17H,5,8-11H2,1-2H3,(H,18,20). The zero-order valence-electron chi connectivity index (χ0n) is 13.1. The van der Waals surface area contributed by atoms with Crippen molar-refractivity contribution in [3.05, 3.63) is 24.3 Å². The fourth-order valence-corrected chi connectivity index (χ4v) is 2.38. The van der Waals surface area contributed by atoms with E-state index in [4.69, 9.17) is 4.74 Å². The van der Waals surface area contributed by atoms with Crippen LogP contribution in [0.3, 0.4) is 0 Å². The molecule has 0 spiro atoms. The van der Waals surface area contributed by atoms with Gasteiger partial charge in [0.05, 0.1) is 5.69 Å². The molecule has 0 saturated carbocycles. The van der Waals surface area contributed by atoms with Crippen molar-refractivity contribution < 1.29 is 14.3 Å². The first-order valence-electron chi connectivity index (χ1n) is 7.62. The predicted molar refractivity (Wildman–Crippen MR) is 85.1 cm³/mol. The van der Waals surface area contributed by atoms with Crippen molar-refractivity contribution in [1.82, 2.24) is 10.6 Å². The number of hydrogen-bond acceptors (Lipinski definition) is 4. The lowest BCUT2D eigenvalue weighted by atomic mass is 10.1. The maximum absolute atomic E-state index is 12.3. The summed E-state index contributed by atoms with van der Waals surface area (Å²) in [4.78, 5) is 25.7. The minimum absolute atomic E-state index is 0.0412. The maximum atomic E-state index is 12.3. The molecule has 1 aromatic rings. The van der Waals surface area contributed by atoms with Crippen molar-refractivity contribution in [2.24, 2.45) is 0 Å². The zero-order chi connectivity index (χ0) is 15.9. The van der Waals surface area contributed by atoms with Gasteiger partial charge in [0.25, 0.3) is 5.91 Å². The highest BCUT2D eigenvalue weighted by Gasteiger charge is 2.31. The van der Waals surface area contributed by atoms with E-state index in [1.165, 1.54) is 0 Å². The first kappa shape index (κ1) is 16.3. The molecular weight excluding hydrogens is 282 g/mol. The van der Waals surface area contributed by atoms with Gasteiger partial charge >= 0.3 is 0 Å². The molecule has 2 amide bonds.